The standard InChI is InChI=1S/C19H26N4O3/c1-14(24)21-8-2-4-15(12-21)18(25)20-10-6-16(7-11-20)23-13-17-5-3-9-22(17)19(23)26/h3,5,9,15-16H,2,4,6-8,10-13H2,1H3. The molecule has 4 rings (SSSR count). The lowest BCUT2D eigenvalue weighted by Crippen LogP contribution is -2.51. The molecule has 0 saturated carbocycles. The fourth-order valence-corrected chi connectivity index (χ4v) is 4.52. The minimum Gasteiger partial charge on any atom is -0.342 e. The van der Waals surface area contributed by atoms with Crippen LogP contribution in [0.1, 0.15) is 38.3 Å². The van der Waals surface area contributed by atoms with Crippen molar-refractivity contribution >= 4 is 17.8 Å². The Kier molecular flexibility index (Phi) is 4.46. The first-order chi connectivity index (χ1) is 12.5. The molecular weight excluding hydrogens is 332 g/mol. The molecule has 3 aliphatic rings. The SMILES string of the molecule is CC(=O)N1CCCC(C(=O)N2CCC(N3Cc4cccn4C3=O)CC2)C1. The normalized spacial score (nSPS) is 24.1. The van der Waals surface area contributed by atoms with Gasteiger partial charge >= 0.3 is 6.03 Å². The largest absolute Gasteiger partial charge is 0.342 e. The van der Waals surface area contributed by atoms with Gasteiger partial charge in [0.05, 0.1) is 12.5 Å². The monoisotopic (exact) mass is 358 g/mol. The van der Waals surface area contributed by atoms with Crippen LogP contribution in [0.2, 0.25) is 0 Å². The van der Waals surface area contributed by atoms with E-state index in [2.05, 4.69) is 0 Å². The fraction of sp³-hybridized carbons (Fsp3) is 0.632. The number of rotatable bonds is 2. The molecule has 1 aromatic rings. The molecule has 0 spiro atoms. The molecule has 7 nitrogen and oxygen atoms in total. The first kappa shape index (κ1) is 17.1. The van der Waals surface area contributed by atoms with Gasteiger partial charge in [0.15, 0.2) is 0 Å². The highest BCUT2D eigenvalue weighted by Crippen LogP contribution is 2.27. The Hall–Kier alpha value is -2.31. The number of fused-ring (bicyclic) bond motifs is 1. The second-order valence-corrected chi connectivity index (χ2v) is 7.64. The summed E-state index contributed by atoms with van der Waals surface area (Å²) < 4.78 is 1.72. The van der Waals surface area contributed by atoms with Crippen molar-refractivity contribution in [3.8, 4) is 0 Å². The quantitative estimate of drug-likeness (QED) is 0.805. The molecule has 0 bridgehead atoms. The van der Waals surface area contributed by atoms with E-state index in [0.29, 0.717) is 26.2 Å². The van der Waals surface area contributed by atoms with Crippen LogP contribution in [0.4, 0.5) is 4.79 Å². The second kappa shape index (κ2) is 6.78. The highest BCUT2D eigenvalue weighted by Gasteiger charge is 2.36. The van der Waals surface area contributed by atoms with Crippen molar-refractivity contribution in [2.45, 2.75) is 45.2 Å². The van der Waals surface area contributed by atoms with E-state index in [1.54, 1.807) is 16.4 Å². The Morgan fingerprint density at radius 1 is 1.08 bits per heavy atom. The predicted octanol–water partition coefficient (Wildman–Crippen LogP) is 1.52. The van der Waals surface area contributed by atoms with Crippen LogP contribution >= 0.6 is 0 Å². The number of aromatic nitrogens is 1. The van der Waals surface area contributed by atoms with E-state index < -0.39 is 0 Å². The van der Waals surface area contributed by atoms with Gasteiger partial charge in [0.2, 0.25) is 11.8 Å². The van der Waals surface area contributed by atoms with Gasteiger partial charge in [0, 0.05) is 51.0 Å². The molecular formula is C19H26N4O3. The van der Waals surface area contributed by atoms with E-state index in [1.165, 1.54) is 0 Å². The number of carbonyl (C=O) groups excluding carboxylic acids is 3. The van der Waals surface area contributed by atoms with Gasteiger partial charge in [-0.3, -0.25) is 14.2 Å². The number of carbonyl (C=O) groups is 3. The van der Waals surface area contributed by atoms with E-state index >= 15 is 0 Å². The second-order valence-electron chi connectivity index (χ2n) is 7.64. The Labute approximate surface area is 153 Å². The van der Waals surface area contributed by atoms with E-state index in [0.717, 1.165) is 37.9 Å². The molecule has 4 heterocycles. The molecule has 0 radical (unpaired) electrons. The predicted molar refractivity (Wildman–Crippen MR) is 95.3 cm³/mol. The summed E-state index contributed by atoms with van der Waals surface area (Å²) >= 11 is 0. The summed E-state index contributed by atoms with van der Waals surface area (Å²) in [4.78, 5) is 42.6. The van der Waals surface area contributed by atoms with E-state index in [1.807, 2.05) is 28.1 Å². The molecule has 1 atom stereocenters. The summed E-state index contributed by atoms with van der Waals surface area (Å²) in [5.74, 6) is 0.157. The number of amides is 3. The summed E-state index contributed by atoms with van der Waals surface area (Å²) in [6.07, 6.45) is 5.23. The highest BCUT2D eigenvalue weighted by molar-refractivity contribution is 5.82. The van der Waals surface area contributed by atoms with Gasteiger partial charge in [-0.05, 0) is 37.8 Å². The lowest BCUT2D eigenvalue weighted by atomic mass is 9.94. The van der Waals surface area contributed by atoms with Crippen LogP contribution in [0.5, 0.6) is 0 Å². The fourth-order valence-electron chi connectivity index (χ4n) is 4.52. The van der Waals surface area contributed by atoms with Gasteiger partial charge in [0.25, 0.3) is 0 Å². The molecule has 2 fully saturated rings. The Morgan fingerprint density at radius 3 is 2.54 bits per heavy atom. The number of hydrogen-bond acceptors (Lipinski definition) is 3. The van der Waals surface area contributed by atoms with Crippen molar-refractivity contribution in [2.24, 2.45) is 5.92 Å². The Bertz CT molecular complexity index is 720. The Balaban J connectivity index is 1.32. The maximum atomic E-state index is 12.9. The maximum Gasteiger partial charge on any atom is 0.329 e. The van der Waals surface area contributed by atoms with E-state index in [-0.39, 0.29) is 29.8 Å². The maximum absolute atomic E-state index is 12.9. The molecule has 140 valence electrons. The highest BCUT2D eigenvalue weighted by atomic mass is 16.2. The lowest BCUT2D eigenvalue weighted by molar-refractivity contribution is -0.141. The third kappa shape index (κ3) is 2.99. The topological polar surface area (TPSA) is 65.9 Å². The summed E-state index contributed by atoms with van der Waals surface area (Å²) in [6, 6.07) is 4.14. The summed E-state index contributed by atoms with van der Waals surface area (Å²) in [5.41, 5.74) is 1.04. The van der Waals surface area contributed by atoms with Gasteiger partial charge in [-0.15, -0.1) is 0 Å². The molecule has 0 N–H and O–H groups in total. The third-order valence-corrected chi connectivity index (χ3v) is 6.05. The van der Waals surface area contributed by atoms with Crippen LogP contribution in [-0.4, -0.2) is 69.3 Å². The van der Waals surface area contributed by atoms with Crippen LogP contribution < -0.4 is 0 Å². The van der Waals surface area contributed by atoms with Crippen molar-refractivity contribution in [1.82, 2.24) is 19.3 Å². The molecule has 26 heavy (non-hydrogen) atoms. The van der Waals surface area contributed by atoms with Gasteiger partial charge in [-0.1, -0.05) is 0 Å². The van der Waals surface area contributed by atoms with Crippen molar-refractivity contribution < 1.29 is 14.4 Å². The van der Waals surface area contributed by atoms with Crippen LogP contribution in [-0.2, 0) is 16.1 Å². The van der Waals surface area contributed by atoms with Crippen molar-refractivity contribution in [3.63, 3.8) is 0 Å². The molecule has 2 saturated heterocycles. The molecule has 1 unspecified atom stereocenters. The van der Waals surface area contributed by atoms with Crippen molar-refractivity contribution in [3.05, 3.63) is 24.0 Å². The molecule has 7 heteroatoms. The van der Waals surface area contributed by atoms with Gasteiger partial charge < -0.3 is 14.7 Å². The van der Waals surface area contributed by atoms with Crippen molar-refractivity contribution in [1.29, 1.82) is 0 Å². The molecule has 0 aromatic carbocycles. The van der Waals surface area contributed by atoms with Crippen LogP contribution in [0.3, 0.4) is 0 Å². The molecule has 3 aliphatic heterocycles. The first-order valence-electron chi connectivity index (χ1n) is 9.56. The average molecular weight is 358 g/mol. The minimum absolute atomic E-state index is 0.0534. The van der Waals surface area contributed by atoms with E-state index in [9.17, 15) is 14.4 Å². The number of likely N-dealkylation sites (tertiary alicyclic amines) is 2. The Morgan fingerprint density at radius 2 is 1.85 bits per heavy atom. The first-order valence-corrected chi connectivity index (χ1v) is 9.56. The number of nitrogens with zero attached hydrogens (tertiary/aromatic N) is 4. The molecule has 1 aromatic heterocycles. The van der Waals surface area contributed by atoms with Crippen LogP contribution in [0.15, 0.2) is 18.3 Å². The number of hydrogen-bond donors (Lipinski definition) is 0. The summed E-state index contributed by atoms with van der Waals surface area (Å²) in [5, 5.41) is 0. The molecule has 0 aliphatic carbocycles. The molecule has 3 amide bonds. The third-order valence-electron chi connectivity index (χ3n) is 6.05. The van der Waals surface area contributed by atoms with E-state index in [4.69, 9.17) is 0 Å². The summed E-state index contributed by atoms with van der Waals surface area (Å²) in [7, 11) is 0. The zero-order chi connectivity index (χ0) is 18.3. The van der Waals surface area contributed by atoms with Gasteiger partial charge in [-0.2, -0.15) is 0 Å². The number of piperidine rings is 2. The van der Waals surface area contributed by atoms with Crippen molar-refractivity contribution in [2.75, 3.05) is 26.2 Å². The zero-order valence-corrected chi connectivity index (χ0v) is 15.3. The lowest BCUT2D eigenvalue weighted by Gasteiger charge is -2.39. The average Bonchev–Trinajstić information content (AvgIpc) is 3.24. The van der Waals surface area contributed by atoms with Gasteiger partial charge in [0.1, 0.15) is 0 Å². The smallest absolute Gasteiger partial charge is 0.329 e. The van der Waals surface area contributed by atoms with Crippen LogP contribution in [0, 0.1) is 5.92 Å². The van der Waals surface area contributed by atoms with Crippen LogP contribution in [0.25, 0.3) is 0 Å². The zero-order valence-electron chi connectivity index (χ0n) is 15.3. The summed E-state index contributed by atoms with van der Waals surface area (Å²) in [6.45, 7) is 4.94. The minimum atomic E-state index is -0.0709. The van der Waals surface area contributed by atoms with Gasteiger partial charge in [-0.25, -0.2) is 4.79 Å².